The number of aryl methyl sites for hydroxylation is 1. The van der Waals surface area contributed by atoms with Gasteiger partial charge in [-0.15, -0.1) is 0 Å². The molecule has 3 aromatic rings. The Labute approximate surface area is 166 Å². The van der Waals surface area contributed by atoms with Gasteiger partial charge >= 0.3 is 5.92 Å². The van der Waals surface area contributed by atoms with Crippen LogP contribution in [0.3, 0.4) is 0 Å². The van der Waals surface area contributed by atoms with Crippen LogP contribution in [0.4, 0.5) is 17.6 Å². The molecule has 0 fully saturated rings. The summed E-state index contributed by atoms with van der Waals surface area (Å²) in [6.45, 7) is 2.48. The number of nitrogens with one attached hydrogen (secondary N) is 2. The highest BCUT2D eigenvalue weighted by atomic mass is 35.5. The van der Waals surface area contributed by atoms with E-state index in [1.807, 2.05) is 5.32 Å². The third-order valence-corrected chi connectivity index (χ3v) is 4.79. The number of amides is 1. The number of halogens is 5. The average Bonchev–Trinajstić information content (AvgIpc) is 2.60. The molecule has 1 atom stereocenters. The molecule has 2 aromatic heterocycles. The van der Waals surface area contributed by atoms with Crippen molar-refractivity contribution in [2.24, 2.45) is 0 Å². The predicted molar refractivity (Wildman–Crippen MR) is 98.9 cm³/mol. The van der Waals surface area contributed by atoms with Gasteiger partial charge in [-0.3, -0.25) is 9.59 Å². The smallest absolute Gasteiger partial charge is 0.344 e. The van der Waals surface area contributed by atoms with E-state index in [1.165, 1.54) is 26.1 Å². The van der Waals surface area contributed by atoms with Crippen LogP contribution >= 0.6 is 11.6 Å². The number of hydrogen-bond donors (Lipinski definition) is 2. The minimum Gasteiger partial charge on any atom is -0.344 e. The quantitative estimate of drug-likeness (QED) is 0.485. The van der Waals surface area contributed by atoms with Gasteiger partial charge in [0.15, 0.2) is 0 Å². The van der Waals surface area contributed by atoms with Gasteiger partial charge in [-0.25, -0.2) is 13.8 Å². The van der Waals surface area contributed by atoms with Crippen LogP contribution in [0.5, 0.6) is 0 Å². The lowest BCUT2D eigenvalue weighted by Crippen LogP contribution is -2.43. The van der Waals surface area contributed by atoms with E-state index in [-0.39, 0.29) is 27.2 Å². The molecule has 3 rings (SSSR count). The second kappa shape index (κ2) is 7.47. The maximum Gasteiger partial charge on any atom is 0.355 e. The summed E-state index contributed by atoms with van der Waals surface area (Å²) in [5.74, 6) is -7.92. The number of hydrogen-bond acceptors (Lipinski definition) is 3. The minimum absolute atomic E-state index is 0.0777. The first-order valence-electron chi connectivity index (χ1n) is 8.35. The van der Waals surface area contributed by atoms with Crippen molar-refractivity contribution in [2.75, 3.05) is 0 Å². The Morgan fingerprint density at radius 1 is 1.28 bits per heavy atom. The number of H-pyrrole nitrogens is 1. The molecule has 29 heavy (non-hydrogen) atoms. The summed E-state index contributed by atoms with van der Waals surface area (Å²) in [6.07, 6.45) is 1.30. The Balaban J connectivity index is 2.01. The van der Waals surface area contributed by atoms with Gasteiger partial charge in [0.05, 0.1) is 17.1 Å². The van der Waals surface area contributed by atoms with Crippen molar-refractivity contribution in [3.8, 4) is 0 Å². The van der Waals surface area contributed by atoms with Crippen LogP contribution in [0.25, 0.3) is 10.9 Å². The van der Waals surface area contributed by atoms with Crippen molar-refractivity contribution < 1.29 is 22.4 Å². The van der Waals surface area contributed by atoms with Gasteiger partial charge in [0.25, 0.3) is 11.5 Å². The third kappa shape index (κ3) is 3.69. The van der Waals surface area contributed by atoms with E-state index in [0.29, 0.717) is 6.07 Å². The zero-order valence-corrected chi connectivity index (χ0v) is 15.9. The van der Waals surface area contributed by atoms with Crippen LogP contribution in [-0.4, -0.2) is 15.9 Å². The first-order chi connectivity index (χ1) is 13.5. The molecule has 0 bridgehead atoms. The summed E-state index contributed by atoms with van der Waals surface area (Å²) in [4.78, 5) is 30.6. The van der Waals surface area contributed by atoms with Crippen LogP contribution < -0.4 is 10.9 Å². The zero-order chi connectivity index (χ0) is 21.5. The number of carbonyl (C=O) groups is 1. The van der Waals surface area contributed by atoms with E-state index in [9.17, 15) is 27.2 Å². The number of aromatic amines is 1. The third-order valence-electron chi connectivity index (χ3n) is 4.51. The summed E-state index contributed by atoms with van der Waals surface area (Å²) >= 11 is 5.96. The lowest BCUT2D eigenvalue weighted by atomic mass is 9.99. The van der Waals surface area contributed by atoms with Crippen molar-refractivity contribution in [1.29, 1.82) is 0 Å². The molecule has 0 aliphatic carbocycles. The van der Waals surface area contributed by atoms with Crippen LogP contribution in [0.1, 0.15) is 29.7 Å². The van der Waals surface area contributed by atoms with Gasteiger partial charge in [-0.1, -0.05) is 17.7 Å². The number of aromatic nitrogens is 2. The number of pyridine rings is 2. The van der Waals surface area contributed by atoms with E-state index < -0.39 is 40.6 Å². The second-order valence-corrected chi connectivity index (χ2v) is 6.77. The number of alkyl halides is 2. The molecule has 0 spiro atoms. The fourth-order valence-corrected chi connectivity index (χ4v) is 3.39. The fraction of sp³-hybridized carbons (Fsp3) is 0.211. The number of benzene rings is 1. The molecule has 2 N–H and O–H groups in total. The minimum atomic E-state index is -4.25. The highest BCUT2D eigenvalue weighted by molar-refractivity contribution is 6.34. The molecular formula is C19H14ClF4N3O2. The standard InChI is InChI=1S/C19H14ClF4N3O2/c1-8-14-13(5-6-25-16(14)20)27-17(28)15(8)19(23,24)18(29)26-9(2)11-4-3-10(21)7-12(11)22/h3-7,9H,1-2H3,(H,26,29)(H,27,28)/t9-/m0/s1. The summed E-state index contributed by atoms with van der Waals surface area (Å²) in [6, 6.07) is 2.72. The molecule has 1 aromatic carbocycles. The molecule has 1 amide bonds. The molecule has 0 aliphatic rings. The SMILES string of the molecule is Cc1c(C(F)(F)C(=O)N[C@@H](C)c2ccc(F)cc2F)c(=O)[nH]c2ccnc(Cl)c12. The summed E-state index contributed by atoms with van der Waals surface area (Å²) in [7, 11) is 0. The van der Waals surface area contributed by atoms with Gasteiger partial charge in [0, 0.05) is 23.2 Å². The molecule has 2 heterocycles. The highest BCUT2D eigenvalue weighted by Crippen LogP contribution is 2.33. The lowest BCUT2D eigenvalue weighted by molar-refractivity contribution is -0.148. The summed E-state index contributed by atoms with van der Waals surface area (Å²) in [5, 5.41) is 1.92. The monoisotopic (exact) mass is 427 g/mol. The molecule has 0 unspecified atom stereocenters. The maximum absolute atomic E-state index is 14.9. The molecular weight excluding hydrogens is 414 g/mol. The number of rotatable bonds is 4. The highest BCUT2D eigenvalue weighted by Gasteiger charge is 2.45. The van der Waals surface area contributed by atoms with Crippen LogP contribution in [0.15, 0.2) is 35.3 Å². The van der Waals surface area contributed by atoms with Gasteiger partial charge in [-0.2, -0.15) is 8.78 Å². The molecule has 0 saturated carbocycles. The van der Waals surface area contributed by atoms with E-state index in [1.54, 1.807) is 0 Å². The number of carbonyl (C=O) groups excluding carboxylic acids is 1. The lowest BCUT2D eigenvalue weighted by Gasteiger charge is -2.22. The number of nitrogens with zero attached hydrogens (tertiary/aromatic N) is 1. The van der Waals surface area contributed by atoms with E-state index in [4.69, 9.17) is 11.6 Å². The van der Waals surface area contributed by atoms with E-state index >= 15 is 0 Å². The Bertz CT molecular complexity index is 1180. The molecule has 0 saturated heterocycles. The van der Waals surface area contributed by atoms with Gasteiger partial charge in [0.1, 0.15) is 16.8 Å². The van der Waals surface area contributed by atoms with Crippen LogP contribution in [-0.2, 0) is 10.7 Å². The van der Waals surface area contributed by atoms with Crippen molar-refractivity contribution in [1.82, 2.24) is 15.3 Å². The summed E-state index contributed by atoms with van der Waals surface area (Å²) < 4.78 is 56.7. The molecule has 0 aliphatic heterocycles. The molecule has 5 nitrogen and oxygen atoms in total. The van der Waals surface area contributed by atoms with Crippen molar-refractivity contribution in [2.45, 2.75) is 25.8 Å². The van der Waals surface area contributed by atoms with E-state index in [0.717, 1.165) is 12.1 Å². The first-order valence-corrected chi connectivity index (χ1v) is 8.73. The van der Waals surface area contributed by atoms with Crippen molar-refractivity contribution >= 4 is 28.4 Å². The molecule has 10 heteroatoms. The van der Waals surface area contributed by atoms with Crippen LogP contribution in [0.2, 0.25) is 5.15 Å². The van der Waals surface area contributed by atoms with Crippen molar-refractivity contribution in [3.05, 3.63) is 74.3 Å². The predicted octanol–water partition coefficient (Wildman–Crippen LogP) is 4.13. The Kier molecular flexibility index (Phi) is 5.36. The topological polar surface area (TPSA) is 74.8 Å². The largest absolute Gasteiger partial charge is 0.355 e. The summed E-state index contributed by atoms with van der Waals surface area (Å²) in [5.41, 5.74) is -2.47. The average molecular weight is 428 g/mol. The van der Waals surface area contributed by atoms with Gasteiger partial charge in [-0.05, 0) is 31.5 Å². The Morgan fingerprint density at radius 2 is 1.97 bits per heavy atom. The molecule has 152 valence electrons. The second-order valence-electron chi connectivity index (χ2n) is 6.41. The van der Waals surface area contributed by atoms with Crippen molar-refractivity contribution in [3.63, 3.8) is 0 Å². The fourth-order valence-electron chi connectivity index (χ4n) is 3.09. The molecule has 0 radical (unpaired) electrons. The Hall–Kier alpha value is -2.94. The van der Waals surface area contributed by atoms with E-state index in [2.05, 4.69) is 9.97 Å². The maximum atomic E-state index is 14.9. The van der Waals surface area contributed by atoms with Crippen LogP contribution in [0, 0.1) is 18.6 Å². The zero-order valence-electron chi connectivity index (χ0n) is 15.1. The normalized spacial score (nSPS) is 12.8. The van der Waals surface area contributed by atoms with Gasteiger partial charge < -0.3 is 10.3 Å². The Morgan fingerprint density at radius 3 is 2.62 bits per heavy atom. The first kappa shape index (κ1) is 20.8. The number of fused-ring (bicyclic) bond motifs is 1. The van der Waals surface area contributed by atoms with Gasteiger partial charge in [0.2, 0.25) is 0 Å².